The van der Waals surface area contributed by atoms with Crippen LogP contribution in [0.25, 0.3) is 12.2 Å². The smallest absolute Gasteiger partial charge is 0.196 e. The Balaban J connectivity index is 1.94. The van der Waals surface area contributed by atoms with E-state index in [1.165, 1.54) is 35.8 Å². The van der Waals surface area contributed by atoms with Crippen molar-refractivity contribution >= 4 is 35.8 Å². The fraction of sp³-hybridized carbons (Fsp3) is 0.212. The van der Waals surface area contributed by atoms with E-state index in [1.807, 2.05) is 24.3 Å². The summed E-state index contributed by atoms with van der Waals surface area (Å²) in [5.41, 5.74) is 1.69. The van der Waals surface area contributed by atoms with Gasteiger partial charge in [-0.2, -0.15) is 0 Å². The SMILES string of the molecule is COc1ccc(/C=C\c2cc(F)c(OC)c(OC)c2)cc1[Si](c1ccccc1)(c1ccccc1)C(C)(C)C. The Morgan fingerprint density at radius 3 is 1.68 bits per heavy atom. The largest absolute Gasteiger partial charge is 0.497 e. The second-order valence-corrected chi connectivity index (χ2v) is 15.0. The van der Waals surface area contributed by atoms with Crippen molar-refractivity contribution in [2.75, 3.05) is 21.3 Å². The summed E-state index contributed by atoms with van der Waals surface area (Å²) in [4.78, 5) is 0. The maximum atomic E-state index is 14.6. The van der Waals surface area contributed by atoms with Crippen LogP contribution in [0.4, 0.5) is 4.39 Å². The van der Waals surface area contributed by atoms with Gasteiger partial charge in [-0.25, -0.2) is 4.39 Å². The first kappa shape index (κ1) is 27.2. The van der Waals surface area contributed by atoms with E-state index < -0.39 is 13.9 Å². The fourth-order valence-electron chi connectivity index (χ4n) is 5.47. The average molecular weight is 527 g/mol. The van der Waals surface area contributed by atoms with E-state index in [0.717, 1.165) is 11.3 Å². The van der Waals surface area contributed by atoms with Crippen LogP contribution in [0.1, 0.15) is 31.9 Å². The lowest BCUT2D eigenvalue weighted by Gasteiger charge is -2.45. The Hall–Kier alpha value is -3.83. The summed E-state index contributed by atoms with van der Waals surface area (Å²) in [6, 6.07) is 31.1. The lowest BCUT2D eigenvalue weighted by atomic mass is 10.1. The molecule has 0 atom stereocenters. The Morgan fingerprint density at radius 2 is 1.18 bits per heavy atom. The summed E-state index contributed by atoms with van der Waals surface area (Å²) in [6.07, 6.45) is 3.89. The summed E-state index contributed by atoms with van der Waals surface area (Å²) in [7, 11) is 2.05. The van der Waals surface area contributed by atoms with E-state index in [9.17, 15) is 4.39 Å². The number of hydrogen-bond acceptors (Lipinski definition) is 3. The average Bonchev–Trinajstić information content (AvgIpc) is 2.92. The number of methoxy groups -OCH3 is 3. The summed E-state index contributed by atoms with van der Waals surface area (Å²) in [6.45, 7) is 6.98. The Morgan fingerprint density at radius 1 is 0.632 bits per heavy atom. The lowest BCUT2D eigenvalue weighted by Crippen LogP contribution is -2.72. The maximum absolute atomic E-state index is 14.6. The molecule has 0 N–H and O–H groups in total. The van der Waals surface area contributed by atoms with Crippen molar-refractivity contribution in [1.29, 1.82) is 0 Å². The van der Waals surface area contributed by atoms with Gasteiger partial charge in [0, 0.05) is 0 Å². The first-order valence-electron chi connectivity index (χ1n) is 12.7. The molecule has 0 fully saturated rings. The first-order chi connectivity index (χ1) is 18.3. The van der Waals surface area contributed by atoms with Crippen LogP contribution in [0.3, 0.4) is 0 Å². The molecule has 0 radical (unpaired) electrons. The molecule has 0 aromatic heterocycles. The van der Waals surface area contributed by atoms with Gasteiger partial charge in [0.2, 0.25) is 0 Å². The van der Waals surface area contributed by atoms with Gasteiger partial charge < -0.3 is 14.2 Å². The highest BCUT2D eigenvalue weighted by Crippen LogP contribution is 2.38. The molecule has 0 heterocycles. The van der Waals surface area contributed by atoms with Crippen molar-refractivity contribution in [2.45, 2.75) is 25.8 Å². The highest BCUT2D eigenvalue weighted by molar-refractivity contribution is 7.13. The molecule has 38 heavy (non-hydrogen) atoms. The number of halogens is 1. The van der Waals surface area contributed by atoms with E-state index >= 15 is 0 Å². The molecule has 3 nitrogen and oxygen atoms in total. The molecule has 0 amide bonds. The molecule has 4 aromatic carbocycles. The van der Waals surface area contributed by atoms with E-state index in [1.54, 1.807) is 13.2 Å². The third kappa shape index (κ3) is 4.99. The summed E-state index contributed by atoms with van der Waals surface area (Å²) in [5, 5.41) is 3.75. The van der Waals surface area contributed by atoms with Gasteiger partial charge in [0.05, 0.1) is 21.3 Å². The van der Waals surface area contributed by atoms with Crippen LogP contribution in [-0.2, 0) is 0 Å². The van der Waals surface area contributed by atoms with Gasteiger partial charge in [-0.3, -0.25) is 0 Å². The summed E-state index contributed by atoms with van der Waals surface area (Å²) in [5.74, 6) is 0.862. The number of benzene rings is 4. The van der Waals surface area contributed by atoms with Crippen molar-refractivity contribution in [3.8, 4) is 17.2 Å². The normalized spacial score (nSPS) is 12.0. The van der Waals surface area contributed by atoms with Crippen LogP contribution in [0, 0.1) is 5.82 Å². The fourth-order valence-corrected chi connectivity index (χ4v) is 11.3. The zero-order valence-electron chi connectivity index (χ0n) is 22.9. The van der Waals surface area contributed by atoms with Crippen molar-refractivity contribution < 1.29 is 18.6 Å². The Bertz CT molecular complexity index is 1370. The van der Waals surface area contributed by atoms with Crippen LogP contribution in [0.2, 0.25) is 5.04 Å². The molecule has 0 saturated heterocycles. The second kappa shape index (κ2) is 11.3. The molecule has 0 saturated carbocycles. The molecular formula is C33H35FO3Si. The quantitative estimate of drug-likeness (QED) is 0.153. The van der Waals surface area contributed by atoms with Crippen LogP contribution < -0.4 is 29.8 Å². The summed E-state index contributed by atoms with van der Waals surface area (Å²) < 4.78 is 31.1. The highest BCUT2D eigenvalue weighted by Gasteiger charge is 2.50. The molecule has 4 aromatic rings. The number of rotatable bonds is 8. The molecular weight excluding hydrogens is 491 g/mol. The minimum Gasteiger partial charge on any atom is -0.497 e. The minimum atomic E-state index is -2.62. The van der Waals surface area contributed by atoms with Gasteiger partial charge in [-0.15, -0.1) is 0 Å². The van der Waals surface area contributed by atoms with Crippen LogP contribution in [-0.4, -0.2) is 29.4 Å². The zero-order valence-corrected chi connectivity index (χ0v) is 23.9. The van der Waals surface area contributed by atoms with Gasteiger partial charge in [-0.1, -0.05) is 106 Å². The van der Waals surface area contributed by atoms with E-state index in [0.29, 0.717) is 11.3 Å². The molecule has 0 aliphatic rings. The predicted octanol–water partition coefficient (Wildman–Crippen LogP) is 6.29. The van der Waals surface area contributed by atoms with Gasteiger partial charge in [-0.05, 0) is 49.9 Å². The van der Waals surface area contributed by atoms with Gasteiger partial charge in [0.15, 0.2) is 25.4 Å². The van der Waals surface area contributed by atoms with Crippen LogP contribution in [0.5, 0.6) is 17.2 Å². The molecule has 0 unspecified atom stereocenters. The van der Waals surface area contributed by atoms with Crippen LogP contribution in [0.15, 0.2) is 91.0 Å². The monoisotopic (exact) mass is 526 g/mol. The van der Waals surface area contributed by atoms with Crippen LogP contribution >= 0.6 is 0 Å². The zero-order chi connectivity index (χ0) is 27.3. The molecule has 0 aliphatic heterocycles. The van der Waals surface area contributed by atoms with Gasteiger partial charge in [0.1, 0.15) is 5.75 Å². The predicted molar refractivity (Wildman–Crippen MR) is 159 cm³/mol. The molecule has 0 bridgehead atoms. The van der Waals surface area contributed by atoms with E-state index in [-0.39, 0.29) is 10.8 Å². The standard InChI is InChI=1S/C33H35FO3Si/c1-33(2,3)38(26-13-9-7-10-14-26,27-15-11-8-12-16-27)31-23-24(19-20-29(31)35-4)17-18-25-21-28(34)32(37-6)30(22-25)36-5/h7-23H,1-6H3/b18-17-. The first-order valence-corrected chi connectivity index (χ1v) is 14.7. The topological polar surface area (TPSA) is 27.7 Å². The Labute approximate surface area is 226 Å². The molecule has 5 heteroatoms. The maximum Gasteiger partial charge on any atom is 0.196 e. The third-order valence-electron chi connectivity index (χ3n) is 7.09. The van der Waals surface area contributed by atoms with E-state index in [2.05, 4.69) is 87.5 Å². The van der Waals surface area contributed by atoms with Gasteiger partial charge >= 0.3 is 0 Å². The third-order valence-corrected chi connectivity index (χ3v) is 12.9. The number of hydrogen-bond donors (Lipinski definition) is 0. The molecule has 4 rings (SSSR count). The molecule has 0 aliphatic carbocycles. The minimum absolute atomic E-state index is 0.0855. The second-order valence-electron chi connectivity index (χ2n) is 10.3. The summed E-state index contributed by atoms with van der Waals surface area (Å²) >= 11 is 0. The van der Waals surface area contributed by atoms with Gasteiger partial charge in [0.25, 0.3) is 0 Å². The van der Waals surface area contributed by atoms with Crippen molar-refractivity contribution in [3.05, 3.63) is 108 Å². The number of ether oxygens (including phenoxy) is 3. The lowest BCUT2D eigenvalue weighted by molar-refractivity contribution is 0.337. The van der Waals surface area contributed by atoms with Crippen molar-refractivity contribution in [1.82, 2.24) is 0 Å². The molecule has 0 spiro atoms. The van der Waals surface area contributed by atoms with Crippen molar-refractivity contribution in [2.24, 2.45) is 0 Å². The Kier molecular flexibility index (Phi) is 8.07. The van der Waals surface area contributed by atoms with Crippen molar-refractivity contribution in [3.63, 3.8) is 0 Å². The molecule has 196 valence electrons. The highest BCUT2D eigenvalue weighted by atomic mass is 28.3. The van der Waals surface area contributed by atoms with E-state index in [4.69, 9.17) is 14.2 Å².